The van der Waals surface area contributed by atoms with Crippen molar-refractivity contribution in [2.45, 2.75) is 16.5 Å². The van der Waals surface area contributed by atoms with Gasteiger partial charge in [0.15, 0.2) is 9.84 Å². The number of sulfone groups is 1. The fraction of sp³-hybridized carbons (Fsp3) is 0.250. The fourth-order valence-corrected chi connectivity index (χ4v) is 4.25. The third-order valence-corrected chi connectivity index (χ3v) is 6.47. The highest BCUT2D eigenvalue weighted by molar-refractivity contribution is 7.99. The Balaban J connectivity index is 1.52. The van der Waals surface area contributed by atoms with E-state index in [-0.39, 0.29) is 16.3 Å². The van der Waals surface area contributed by atoms with Crippen LogP contribution in [0.4, 0.5) is 11.4 Å². The highest BCUT2D eigenvalue weighted by Gasteiger charge is 2.18. The van der Waals surface area contributed by atoms with E-state index < -0.39 is 14.8 Å². The monoisotopic (exact) mass is 440 g/mol. The maximum Gasteiger partial charge on any atom is 0.293 e. The van der Waals surface area contributed by atoms with Crippen molar-refractivity contribution < 1.29 is 17.8 Å². The lowest BCUT2D eigenvalue weighted by Crippen LogP contribution is -2.06. The second-order valence-electron chi connectivity index (χ2n) is 5.69. The number of nitro benzene ring substituents is 1. The molecule has 0 saturated carbocycles. The Morgan fingerprint density at radius 1 is 1.32 bits per heavy atom. The van der Waals surface area contributed by atoms with E-state index in [1.165, 1.54) is 35.2 Å². The van der Waals surface area contributed by atoms with Gasteiger partial charge in [0.1, 0.15) is 5.69 Å². The van der Waals surface area contributed by atoms with Crippen LogP contribution in [-0.4, -0.2) is 42.1 Å². The molecule has 28 heavy (non-hydrogen) atoms. The van der Waals surface area contributed by atoms with Gasteiger partial charge in [-0.1, -0.05) is 17.8 Å². The molecule has 12 heteroatoms. The standard InChI is InChI=1S/C16H16N4O5S3/c1-28(23,24)11-5-6-12(13(10-11)20(21)22)17-7-3-9-27-16-19-18-15(25-16)14-4-2-8-26-14/h2,4-6,8,10,17H,3,7,9H2,1H3. The van der Waals surface area contributed by atoms with Crippen molar-refractivity contribution in [3.05, 3.63) is 45.8 Å². The molecule has 0 saturated heterocycles. The molecule has 3 rings (SSSR count). The number of anilines is 1. The first-order valence-electron chi connectivity index (χ1n) is 8.07. The summed E-state index contributed by atoms with van der Waals surface area (Å²) in [6.07, 6.45) is 1.70. The Morgan fingerprint density at radius 3 is 2.82 bits per heavy atom. The zero-order chi connectivity index (χ0) is 20.1. The highest BCUT2D eigenvalue weighted by Crippen LogP contribution is 2.28. The average Bonchev–Trinajstić information content (AvgIpc) is 3.32. The number of benzene rings is 1. The molecular formula is C16H16N4O5S3. The van der Waals surface area contributed by atoms with E-state index in [1.54, 1.807) is 0 Å². The molecule has 2 aromatic heterocycles. The normalized spacial score (nSPS) is 11.5. The topological polar surface area (TPSA) is 128 Å². The van der Waals surface area contributed by atoms with Gasteiger partial charge in [-0.3, -0.25) is 10.1 Å². The van der Waals surface area contributed by atoms with Crippen molar-refractivity contribution in [3.63, 3.8) is 0 Å². The van der Waals surface area contributed by atoms with E-state index in [1.807, 2.05) is 17.5 Å². The molecule has 1 N–H and O–H groups in total. The van der Waals surface area contributed by atoms with Crippen LogP contribution in [0.2, 0.25) is 0 Å². The minimum Gasteiger partial charge on any atom is -0.410 e. The largest absolute Gasteiger partial charge is 0.410 e. The summed E-state index contributed by atoms with van der Waals surface area (Å²) < 4.78 is 28.7. The number of nitrogens with one attached hydrogen (secondary N) is 1. The molecule has 0 aliphatic rings. The third-order valence-electron chi connectivity index (χ3n) is 3.59. The van der Waals surface area contributed by atoms with Crippen molar-refractivity contribution in [1.29, 1.82) is 0 Å². The summed E-state index contributed by atoms with van der Waals surface area (Å²) in [5.74, 6) is 1.16. The van der Waals surface area contributed by atoms with Gasteiger partial charge in [-0.15, -0.1) is 21.5 Å². The van der Waals surface area contributed by atoms with Crippen LogP contribution in [0.3, 0.4) is 0 Å². The van der Waals surface area contributed by atoms with E-state index in [4.69, 9.17) is 4.42 Å². The average molecular weight is 441 g/mol. The van der Waals surface area contributed by atoms with Gasteiger partial charge in [-0.05, 0) is 30.0 Å². The van der Waals surface area contributed by atoms with Crippen LogP contribution in [0.1, 0.15) is 6.42 Å². The van der Waals surface area contributed by atoms with Gasteiger partial charge in [-0.25, -0.2) is 8.42 Å². The molecule has 0 atom stereocenters. The van der Waals surface area contributed by atoms with Gasteiger partial charge in [0.05, 0.1) is 14.7 Å². The Labute approximate surface area is 169 Å². The van der Waals surface area contributed by atoms with Crippen LogP contribution in [0.5, 0.6) is 0 Å². The van der Waals surface area contributed by atoms with E-state index in [0.29, 0.717) is 29.8 Å². The number of nitro groups is 1. The van der Waals surface area contributed by atoms with E-state index in [9.17, 15) is 18.5 Å². The first-order valence-corrected chi connectivity index (χ1v) is 11.8. The van der Waals surface area contributed by atoms with Crippen molar-refractivity contribution in [1.82, 2.24) is 10.2 Å². The maximum absolute atomic E-state index is 11.6. The van der Waals surface area contributed by atoms with Crippen molar-refractivity contribution >= 4 is 44.3 Å². The number of hydrogen-bond acceptors (Lipinski definition) is 10. The van der Waals surface area contributed by atoms with Crippen LogP contribution in [0.25, 0.3) is 10.8 Å². The van der Waals surface area contributed by atoms with Crippen LogP contribution in [-0.2, 0) is 9.84 Å². The van der Waals surface area contributed by atoms with Crippen molar-refractivity contribution in [3.8, 4) is 10.8 Å². The van der Waals surface area contributed by atoms with Gasteiger partial charge in [0, 0.05) is 24.6 Å². The lowest BCUT2D eigenvalue weighted by molar-refractivity contribution is -0.384. The number of aromatic nitrogens is 2. The molecule has 0 aliphatic heterocycles. The van der Waals surface area contributed by atoms with Crippen LogP contribution < -0.4 is 5.32 Å². The predicted octanol–water partition coefficient (Wildman–Crippen LogP) is 3.70. The van der Waals surface area contributed by atoms with Gasteiger partial charge in [0.25, 0.3) is 16.8 Å². The van der Waals surface area contributed by atoms with E-state index in [2.05, 4.69) is 15.5 Å². The summed E-state index contributed by atoms with van der Waals surface area (Å²) in [6.45, 7) is 0.470. The first kappa shape index (κ1) is 20.3. The van der Waals surface area contributed by atoms with Crippen molar-refractivity contribution in [2.24, 2.45) is 0 Å². The second-order valence-corrected chi connectivity index (χ2v) is 9.70. The third kappa shape index (κ3) is 5.09. The molecule has 2 heterocycles. The lowest BCUT2D eigenvalue weighted by atomic mass is 10.2. The molecule has 3 aromatic rings. The SMILES string of the molecule is CS(=O)(=O)c1ccc(NCCCSc2nnc(-c3cccs3)o2)c([N+](=O)[O-])c1. The molecule has 0 fully saturated rings. The van der Waals surface area contributed by atoms with Gasteiger partial charge >= 0.3 is 0 Å². The van der Waals surface area contributed by atoms with Gasteiger partial charge in [-0.2, -0.15) is 0 Å². The summed E-state index contributed by atoms with van der Waals surface area (Å²) in [7, 11) is -3.51. The molecule has 9 nitrogen and oxygen atoms in total. The minimum atomic E-state index is -3.51. The first-order chi connectivity index (χ1) is 13.3. The molecule has 0 spiro atoms. The summed E-state index contributed by atoms with van der Waals surface area (Å²) in [6, 6.07) is 7.64. The number of hydrogen-bond donors (Lipinski definition) is 1. The zero-order valence-electron chi connectivity index (χ0n) is 14.7. The molecule has 0 unspecified atom stereocenters. The molecule has 0 aliphatic carbocycles. The number of thiophene rings is 1. The highest BCUT2D eigenvalue weighted by atomic mass is 32.2. The van der Waals surface area contributed by atoms with Gasteiger partial charge < -0.3 is 9.73 Å². The molecule has 0 amide bonds. The second kappa shape index (κ2) is 8.71. The lowest BCUT2D eigenvalue weighted by Gasteiger charge is -2.08. The Morgan fingerprint density at radius 2 is 2.14 bits per heavy atom. The van der Waals surface area contributed by atoms with Crippen molar-refractivity contribution in [2.75, 3.05) is 23.9 Å². The molecule has 0 radical (unpaired) electrons. The number of nitrogens with zero attached hydrogens (tertiary/aromatic N) is 3. The van der Waals surface area contributed by atoms with Crippen LogP contribution >= 0.6 is 23.1 Å². The molecule has 0 bridgehead atoms. The minimum absolute atomic E-state index is 0.0850. The Bertz CT molecular complexity index is 1060. The summed E-state index contributed by atoms with van der Waals surface area (Å²) in [4.78, 5) is 11.4. The molecule has 148 valence electrons. The number of thioether (sulfide) groups is 1. The quantitative estimate of drug-likeness (QED) is 0.229. The summed E-state index contributed by atoms with van der Waals surface area (Å²) in [5, 5.41) is 24.6. The van der Waals surface area contributed by atoms with Gasteiger partial charge in [0.2, 0.25) is 0 Å². The smallest absolute Gasteiger partial charge is 0.293 e. The molecule has 1 aromatic carbocycles. The van der Waals surface area contributed by atoms with E-state index in [0.717, 1.165) is 17.2 Å². The number of rotatable bonds is 9. The fourth-order valence-electron chi connectivity index (χ4n) is 2.27. The zero-order valence-corrected chi connectivity index (χ0v) is 17.1. The Kier molecular flexibility index (Phi) is 6.31. The maximum atomic E-state index is 11.6. The predicted molar refractivity (Wildman–Crippen MR) is 108 cm³/mol. The van der Waals surface area contributed by atoms with Crippen LogP contribution in [0.15, 0.2) is 50.2 Å². The van der Waals surface area contributed by atoms with E-state index >= 15 is 0 Å². The molecular weight excluding hydrogens is 424 g/mol. The van der Waals surface area contributed by atoms with Crippen LogP contribution in [0, 0.1) is 10.1 Å². The Hall–Kier alpha value is -2.44. The summed E-state index contributed by atoms with van der Waals surface area (Å²) in [5.41, 5.74) is 0.00763. The summed E-state index contributed by atoms with van der Waals surface area (Å²) >= 11 is 2.92.